The van der Waals surface area contributed by atoms with Crippen molar-refractivity contribution in [1.82, 2.24) is 14.5 Å². The number of likely N-dealkylation sites (N-methyl/N-ethyl adjacent to an activating group) is 1. The van der Waals surface area contributed by atoms with Crippen LogP contribution in [-0.4, -0.2) is 27.4 Å². The molecule has 0 saturated heterocycles. The summed E-state index contributed by atoms with van der Waals surface area (Å²) < 4.78 is 2.09. The third kappa shape index (κ3) is 5.33. The lowest BCUT2D eigenvalue weighted by atomic mass is 9.96. The van der Waals surface area contributed by atoms with Crippen molar-refractivity contribution in [3.63, 3.8) is 0 Å². The molecule has 4 nitrogen and oxygen atoms in total. The molecule has 0 fully saturated rings. The summed E-state index contributed by atoms with van der Waals surface area (Å²) in [5, 5.41) is 0. The van der Waals surface area contributed by atoms with Crippen LogP contribution >= 0.6 is 0 Å². The third-order valence-electron chi connectivity index (χ3n) is 6.18. The number of fused-ring (bicyclic) bond motifs is 1. The number of hydrogen-bond acceptors (Lipinski definition) is 2. The Morgan fingerprint density at radius 2 is 1.55 bits per heavy atom. The zero-order valence-electron chi connectivity index (χ0n) is 20.0. The van der Waals surface area contributed by atoms with Crippen LogP contribution in [0.25, 0.3) is 11.0 Å². The first-order valence-corrected chi connectivity index (χ1v) is 11.7. The molecule has 1 aromatic heterocycles. The van der Waals surface area contributed by atoms with Crippen LogP contribution in [-0.2, 0) is 24.3 Å². The summed E-state index contributed by atoms with van der Waals surface area (Å²) in [6.45, 7) is 7.52. The van der Waals surface area contributed by atoms with E-state index in [-0.39, 0.29) is 18.4 Å². The van der Waals surface area contributed by atoms with Crippen LogP contribution in [0.2, 0.25) is 0 Å². The highest BCUT2D eigenvalue weighted by Gasteiger charge is 2.21. The standard InChI is InChI=1S/C29H33N3O/c1-21(2)18-23-14-16-25(17-15-23)22(3)29-30-26-12-8-9-13-27(26)32(29)20-28(33)31(4)19-24-10-6-5-7-11-24/h5-17,21-22H,18-20H2,1-4H3. The quantitative estimate of drug-likeness (QED) is 0.335. The summed E-state index contributed by atoms with van der Waals surface area (Å²) in [5.74, 6) is 1.71. The molecule has 1 unspecified atom stereocenters. The zero-order chi connectivity index (χ0) is 23.4. The van der Waals surface area contributed by atoms with Gasteiger partial charge in [0.15, 0.2) is 0 Å². The highest BCUT2D eigenvalue weighted by atomic mass is 16.2. The summed E-state index contributed by atoms with van der Waals surface area (Å²) >= 11 is 0. The number of para-hydroxylation sites is 2. The minimum absolute atomic E-state index is 0.0720. The molecule has 0 bridgehead atoms. The van der Waals surface area contributed by atoms with Gasteiger partial charge in [0, 0.05) is 19.5 Å². The van der Waals surface area contributed by atoms with Gasteiger partial charge in [-0.2, -0.15) is 0 Å². The normalized spacial score (nSPS) is 12.3. The van der Waals surface area contributed by atoms with E-state index in [4.69, 9.17) is 4.98 Å². The van der Waals surface area contributed by atoms with Crippen LogP contribution in [0, 0.1) is 5.92 Å². The summed E-state index contributed by atoms with van der Waals surface area (Å²) in [4.78, 5) is 19.9. The van der Waals surface area contributed by atoms with E-state index in [0.29, 0.717) is 12.5 Å². The number of amides is 1. The van der Waals surface area contributed by atoms with Crippen molar-refractivity contribution >= 4 is 16.9 Å². The van der Waals surface area contributed by atoms with Gasteiger partial charge in [0.25, 0.3) is 0 Å². The number of aromatic nitrogens is 2. The molecular formula is C29H33N3O. The van der Waals surface area contributed by atoms with Crippen molar-refractivity contribution in [2.24, 2.45) is 5.92 Å². The molecule has 0 spiro atoms. The molecule has 0 aliphatic rings. The molecule has 0 saturated carbocycles. The molecule has 4 rings (SSSR count). The number of carbonyl (C=O) groups excluding carboxylic acids is 1. The van der Waals surface area contributed by atoms with Gasteiger partial charge in [0.05, 0.1) is 11.0 Å². The largest absolute Gasteiger partial charge is 0.340 e. The van der Waals surface area contributed by atoms with Crippen molar-refractivity contribution in [3.05, 3.63) is 101 Å². The molecule has 3 aromatic carbocycles. The first kappa shape index (κ1) is 22.8. The molecule has 4 aromatic rings. The van der Waals surface area contributed by atoms with Gasteiger partial charge in [-0.15, -0.1) is 0 Å². The maximum absolute atomic E-state index is 13.2. The summed E-state index contributed by atoms with van der Waals surface area (Å²) in [7, 11) is 1.87. The first-order valence-electron chi connectivity index (χ1n) is 11.7. The van der Waals surface area contributed by atoms with Crippen LogP contribution in [0.5, 0.6) is 0 Å². The second-order valence-electron chi connectivity index (χ2n) is 9.34. The number of rotatable bonds is 8. The zero-order valence-corrected chi connectivity index (χ0v) is 20.0. The average molecular weight is 440 g/mol. The SMILES string of the molecule is CC(C)Cc1ccc(C(C)c2nc3ccccc3n2CC(=O)N(C)Cc2ccccc2)cc1. The van der Waals surface area contributed by atoms with Crippen molar-refractivity contribution in [2.75, 3.05) is 7.05 Å². The lowest BCUT2D eigenvalue weighted by Crippen LogP contribution is -2.30. The molecule has 1 atom stereocenters. The molecule has 33 heavy (non-hydrogen) atoms. The van der Waals surface area contributed by atoms with Crippen molar-refractivity contribution < 1.29 is 4.79 Å². The molecule has 0 aliphatic heterocycles. The van der Waals surface area contributed by atoms with E-state index >= 15 is 0 Å². The molecule has 170 valence electrons. The fourth-order valence-corrected chi connectivity index (χ4v) is 4.36. The molecule has 0 aliphatic carbocycles. The Morgan fingerprint density at radius 1 is 0.879 bits per heavy atom. The van der Waals surface area contributed by atoms with Gasteiger partial charge < -0.3 is 9.47 Å². The van der Waals surface area contributed by atoms with E-state index in [0.717, 1.165) is 28.8 Å². The lowest BCUT2D eigenvalue weighted by molar-refractivity contribution is -0.131. The highest BCUT2D eigenvalue weighted by molar-refractivity contribution is 5.81. The molecule has 1 heterocycles. The minimum atomic E-state index is 0.0720. The Labute approximate surface area is 196 Å². The fraction of sp³-hybridized carbons (Fsp3) is 0.310. The Balaban J connectivity index is 1.61. The van der Waals surface area contributed by atoms with Gasteiger partial charge in [-0.05, 0) is 41.2 Å². The molecule has 0 N–H and O–H groups in total. The number of hydrogen-bond donors (Lipinski definition) is 0. The minimum Gasteiger partial charge on any atom is -0.340 e. The average Bonchev–Trinajstić information content (AvgIpc) is 3.17. The van der Waals surface area contributed by atoms with Crippen molar-refractivity contribution in [2.45, 2.75) is 46.2 Å². The van der Waals surface area contributed by atoms with E-state index in [2.05, 4.69) is 55.7 Å². The third-order valence-corrected chi connectivity index (χ3v) is 6.18. The Bertz CT molecular complexity index is 1210. The monoisotopic (exact) mass is 439 g/mol. The lowest BCUT2D eigenvalue weighted by Gasteiger charge is -2.20. The van der Waals surface area contributed by atoms with Gasteiger partial charge in [-0.3, -0.25) is 4.79 Å². The smallest absolute Gasteiger partial charge is 0.242 e. The van der Waals surface area contributed by atoms with Crippen LogP contribution in [0.15, 0.2) is 78.9 Å². The van der Waals surface area contributed by atoms with Gasteiger partial charge in [0.2, 0.25) is 5.91 Å². The second-order valence-corrected chi connectivity index (χ2v) is 9.34. The maximum atomic E-state index is 13.2. The maximum Gasteiger partial charge on any atom is 0.242 e. The predicted octanol–water partition coefficient (Wildman–Crippen LogP) is 6.05. The van der Waals surface area contributed by atoms with Crippen molar-refractivity contribution in [3.8, 4) is 0 Å². The molecule has 4 heteroatoms. The van der Waals surface area contributed by atoms with Gasteiger partial charge in [-0.1, -0.05) is 87.5 Å². The van der Waals surface area contributed by atoms with Gasteiger partial charge in [0.1, 0.15) is 12.4 Å². The van der Waals surface area contributed by atoms with Crippen LogP contribution < -0.4 is 0 Å². The Kier molecular flexibility index (Phi) is 6.93. The number of nitrogens with zero attached hydrogens (tertiary/aromatic N) is 3. The second kappa shape index (κ2) is 10.0. The topological polar surface area (TPSA) is 38.1 Å². The molecule has 0 radical (unpaired) electrons. The Hall–Kier alpha value is -3.40. The van der Waals surface area contributed by atoms with E-state index in [1.165, 1.54) is 11.1 Å². The van der Waals surface area contributed by atoms with E-state index in [1.807, 2.05) is 55.6 Å². The summed E-state index contributed by atoms with van der Waals surface area (Å²) in [5.41, 5.74) is 5.61. The van der Waals surface area contributed by atoms with E-state index < -0.39 is 0 Å². The van der Waals surface area contributed by atoms with E-state index in [1.54, 1.807) is 4.90 Å². The predicted molar refractivity (Wildman–Crippen MR) is 135 cm³/mol. The summed E-state index contributed by atoms with van der Waals surface area (Å²) in [6.07, 6.45) is 1.08. The van der Waals surface area contributed by atoms with Crippen LogP contribution in [0.1, 0.15) is 49.2 Å². The number of imidazole rings is 1. The van der Waals surface area contributed by atoms with Gasteiger partial charge in [-0.25, -0.2) is 4.98 Å². The van der Waals surface area contributed by atoms with Crippen molar-refractivity contribution in [1.29, 1.82) is 0 Å². The van der Waals surface area contributed by atoms with E-state index in [9.17, 15) is 4.79 Å². The van der Waals surface area contributed by atoms with Gasteiger partial charge >= 0.3 is 0 Å². The Morgan fingerprint density at radius 3 is 2.24 bits per heavy atom. The molecular weight excluding hydrogens is 406 g/mol. The number of benzene rings is 3. The highest BCUT2D eigenvalue weighted by Crippen LogP contribution is 2.28. The summed E-state index contributed by atoms with van der Waals surface area (Å²) in [6, 6.07) is 27.0. The molecule has 1 amide bonds. The first-order chi connectivity index (χ1) is 15.9. The fourth-order valence-electron chi connectivity index (χ4n) is 4.36. The van der Waals surface area contributed by atoms with Crippen LogP contribution in [0.4, 0.5) is 0 Å². The van der Waals surface area contributed by atoms with Crippen LogP contribution in [0.3, 0.4) is 0 Å². The number of carbonyl (C=O) groups is 1.